The summed E-state index contributed by atoms with van der Waals surface area (Å²) in [5.74, 6) is -1.09. The SMILES string of the molecule is O=C(Cn1c(C(F)(F)F)nc2cc3c(cc21)OCCO3)NCc1ccc(Cl)cc1. The molecule has 0 bridgehead atoms. The number of halogens is 4. The second-order valence-corrected chi connectivity index (χ2v) is 6.84. The van der Waals surface area contributed by atoms with Crippen molar-refractivity contribution in [3.05, 3.63) is 52.8 Å². The van der Waals surface area contributed by atoms with E-state index < -0.39 is 24.5 Å². The molecule has 0 unspecified atom stereocenters. The van der Waals surface area contributed by atoms with Gasteiger partial charge in [0.05, 0.1) is 11.0 Å². The Morgan fingerprint density at radius 2 is 1.79 bits per heavy atom. The summed E-state index contributed by atoms with van der Waals surface area (Å²) >= 11 is 5.81. The molecule has 1 amide bonds. The molecule has 2 heterocycles. The minimum absolute atomic E-state index is 0.0760. The Bertz CT molecular complexity index is 1060. The fourth-order valence-corrected chi connectivity index (χ4v) is 3.17. The maximum atomic E-state index is 13.5. The number of imidazole rings is 1. The zero-order valence-electron chi connectivity index (χ0n) is 14.9. The van der Waals surface area contributed by atoms with Gasteiger partial charge >= 0.3 is 6.18 Å². The number of carbonyl (C=O) groups excluding carboxylic acids is 1. The van der Waals surface area contributed by atoms with Crippen LogP contribution < -0.4 is 14.8 Å². The molecule has 4 rings (SSSR count). The number of benzene rings is 2. The first kappa shape index (κ1) is 19.4. The number of aromatic nitrogens is 2. The van der Waals surface area contributed by atoms with Gasteiger partial charge in [0.15, 0.2) is 11.5 Å². The Morgan fingerprint density at radius 1 is 1.14 bits per heavy atom. The summed E-state index contributed by atoms with van der Waals surface area (Å²) in [7, 11) is 0. The highest BCUT2D eigenvalue weighted by Crippen LogP contribution is 2.37. The van der Waals surface area contributed by atoms with Crippen molar-refractivity contribution >= 4 is 28.5 Å². The molecule has 0 atom stereocenters. The van der Waals surface area contributed by atoms with Crippen LogP contribution in [0.3, 0.4) is 0 Å². The molecule has 29 heavy (non-hydrogen) atoms. The van der Waals surface area contributed by atoms with E-state index in [4.69, 9.17) is 21.1 Å². The van der Waals surface area contributed by atoms with Crippen LogP contribution in [0.2, 0.25) is 5.02 Å². The molecule has 1 aliphatic heterocycles. The second kappa shape index (κ2) is 7.47. The molecule has 0 spiro atoms. The Kier molecular flexibility index (Phi) is 4.99. The fourth-order valence-electron chi connectivity index (χ4n) is 3.04. The zero-order chi connectivity index (χ0) is 20.6. The van der Waals surface area contributed by atoms with Crippen molar-refractivity contribution in [1.82, 2.24) is 14.9 Å². The number of carbonyl (C=O) groups is 1. The van der Waals surface area contributed by atoms with Crippen molar-refractivity contribution in [2.75, 3.05) is 13.2 Å². The lowest BCUT2D eigenvalue weighted by Crippen LogP contribution is -2.29. The molecule has 152 valence electrons. The van der Waals surface area contributed by atoms with Crippen LogP contribution in [0.4, 0.5) is 13.2 Å². The molecule has 6 nitrogen and oxygen atoms in total. The average Bonchev–Trinajstić information content (AvgIpc) is 3.03. The molecule has 10 heteroatoms. The predicted molar refractivity (Wildman–Crippen MR) is 99.0 cm³/mol. The first-order chi connectivity index (χ1) is 13.8. The Hall–Kier alpha value is -2.94. The van der Waals surface area contributed by atoms with E-state index in [0.29, 0.717) is 29.7 Å². The standard InChI is InChI=1S/C19H15ClF3N3O3/c20-12-3-1-11(2-4-12)9-24-17(27)10-26-14-8-16-15(28-5-6-29-16)7-13(14)25-18(26)19(21,22)23/h1-4,7-8H,5-6,9-10H2,(H,24,27). The monoisotopic (exact) mass is 425 g/mol. The van der Waals surface area contributed by atoms with Crippen molar-refractivity contribution in [2.24, 2.45) is 0 Å². The fraction of sp³-hybridized carbons (Fsp3) is 0.263. The first-order valence-electron chi connectivity index (χ1n) is 8.69. The van der Waals surface area contributed by atoms with Crippen LogP contribution in [0.5, 0.6) is 11.5 Å². The van der Waals surface area contributed by atoms with Gasteiger partial charge < -0.3 is 19.4 Å². The van der Waals surface area contributed by atoms with Crippen LogP contribution >= 0.6 is 11.6 Å². The lowest BCUT2D eigenvalue weighted by molar-refractivity contribution is -0.147. The van der Waals surface area contributed by atoms with E-state index in [1.807, 2.05) is 0 Å². The van der Waals surface area contributed by atoms with Gasteiger partial charge in [-0.3, -0.25) is 4.79 Å². The van der Waals surface area contributed by atoms with Gasteiger partial charge in [-0.25, -0.2) is 4.98 Å². The van der Waals surface area contributed by atoms with Crippen LogP contribution in [0.25, 0.3) is 11.0 Å². The smallest absolute Gasteiger partial charge is 0.449 e. The molecule has 0 saturated carbocycles. The Morgan fingerprint density at radius 3 is 2.45 bits per heavy atom. The number of nitrogens with one attached hydrogen (secondary N) is 1. The molecular weight excluding hydrogens is 411 g/mol. The van der Waals surface area contributed by atoms with Gasteiger partial charge in [-0.15, -0.1) is 0 Å². The Labute approximate surface area is 168 Å². The van der Waals surface area contributed by atoms with Gasteiger partial charge in [-0.1, -0.05) is 23.7 Å². The van der Waals surface area contributed by atoms with Crippen molar-refractivity contribution in [3.8, 4) is 11.5 Å². The normalized spacial score (nSPS) is 13.5. The number of ether oxygens (including phenoxy) is 2. The summed E-state index contributed by atoms with van der Waals surface area (Å²) in [6.07, 6.45) is -4.72. The van der Waals surface area contributed by atoms with E-state index in [2.05, 4.69) is 10.3 Å². The number of alkyl halides is 3. The van der Waals surface area contributed by atoms with E-state index in [1.54, 1.807) is 24.3 Å². The van der Waals surface area contributed by atoms with Gasteiger partial charge in [0, 0.05) is 23.7 Å². The maximum Gasteiger partial charge on any atom is 0.449 e. The molecule has 0 saturated heterocycles. The lowest BCUT2D eigenvalue weighted by Gasteiger charge is -2.18. The van der Waals surface area contributed by atoms with Crippen molar-refractivity contribution in [1.29, 1.82) is 0 Å². The number of hydrogen-bond donors (Lipinski definition) is 1. The quantitative estimate of drug-likeness (QED) is 0.690. The molecule has 1 aliphatic rings. The summed E-state index contributed by atoms with van der Waals surface area (Å²) < 4.78 is 52.2. The van der Waals surface area contributed by atoms with Crippen LogP contribution in [0.1, 0.15) is 11.4 Å². The largest absolute Gasteiger partial charge is 0.486 e. The van der Waals surface area contributed by atoms with Crippen molar-refractivity contribution in [2.45, 2.75) is 19.3 Å². The highest BCUT2D eigenvalue weighted by molar-refractivity contribution is 6.30. The number of hydrogen-bond acceptors (Lipinski definition) is 4. The van der Waals surface area contributed by atoms with Crippen LogP contribution in [-0.2, 0) is 24.1 Å². The number of nitrogens with zero attached hydrogens (tertiary/aromatic N) is 2. The minimum atomic E-state index is -4.72. The van der Waals surface area contributed by atoms with Gasteiger partial charge in [-0.05, 0) is 17.7 Å². The second-order valence-electron chi connectivity index (χ2n) is 6.41. The van der Waals surface area contributed by atoms with Gasteiger partial charge in [0.1, 0.15) is 19.8 Å². The summed E-state index contributed by atoms with van der Waals surface area (Å²) in [4.78, 5) is 16.0. The molecule has 0 fully saturated rings. The van der Waals surface area contributed by atoms with Crippen LogP contribution in [0, 0.1) is 0 Å². The summed E-state index contributed by atoms with van der Waals surface area (Å²) in [5.41, 5.74) is 0.990. The minimum Gasteiger partial charge on any atom is -0.486 e. The number of amides is 1. The van der Waals surface area contributed by atoms with Gasteiger partial charge in [-0.2, -0.15) is 13.2 Å². The van der Waals surface area contributed by atoms with E-state index in [9.17, 15) is 18.0 Å². The lowest BCUT2D eigenvalue weighted by atomic mass is 10.2. The highest BCUT2D eigenvalue weighted by atomic mass is 35.5. The third-order valence-electron chi connectivity index (χ3n) is 4.37. The molecule has 0 aliphatic carbocycles. The third-order valence-corrected chi connectivity index (χ3v) is 4.62. The van der Waals surface area contributed by atoms with Gasteiger partial charge in [0.2, 0.25) is 11.7 Å². The number of rotatable bonds is 4. The summed E-state index contributed by atoms with van der Waals surface area (Å²) in [6, 6.07) is 9.58. The molecule has 0 radical (unpaired) electrons. The number of fused-ring (bicyclic) bond motifs is 2. The topological polar surface area (TPSA) is 65.4 Å². The average molecular weight is 426 g/mol. The Balaban J connectivity index is 1.62. The first-order valence-corrected chi connectivity index (χ1v) is 9.07. The van der Waals surface area contributed by atoms with Crippen LogP contribution in [-0.4, -0.2) is 28.7 Å². The molecular formula is C19H15ClF3N3O3. The van der Waals surface area contributed by atoms with E-state index in [0.717, 1.165) is 10.1 Å². The van der Waals surface area contributed by atoms with Crippen LogP contribution in [0.15, 0.2) is 36.4 Å². The highest BCUT2D eigenvalue weighted by Gasteiger charge is 2.38. The molecule has 3 aromatic rings. The summed E-state index contributed by atoms with van der Waals surface area (Å²) in [6.45, 7) is 0.216. The molecule has 1 N–H and O–H groups in total. The summed E-state index contributed by atoms with van der Waals surface area (Å²) in [5, 5.41) is 3.16. The van der Waals surface area contributed by atoms with E-state index in [-0.39, 0.29) is 17.6 Å². The van der Waals surface area contributed by atoms with E-state index in [1.165, 1.54) is 12.1 Å². The van der Waals surface area contributed by atoms with E-state index >= 15 is 0 Å². The predicted octanol–water partition coefficient (Wildman–Crippen LogP) is 3.80. The van der Waals surface area contributed by atoms with Crippen molar-refractivity contribution < 1.29 is 27.4 Å². The van der Waals surface area contributed by atoms with Gasteiger partial charge in [0.25, 0.3) is 0 Å². The molecule has 2 aromatic carbocycles. The zero-order valence-corrected chi connectivity index (χ0v) is 15.7. The maximum absolute atomic E-state index is 13.5. The third kappa shape index (κ3) is 4.09. The van der Waals surface area contributed by atoms with Crippen molar-refractivity contribution in [3.63, 3.8) is 0 Å². The molecule has 1 aromatic heterocycles.